The standard InChI is InChI=1S/C67H51N5/c68-65(54-37-28-46-18-10-11-23-53(46)42-54)72-66(69-44-45-16-4-1-5-17-45)52-35-31-48(32-36-52)56-39-41-62(60-27-15-13-25-58(56)60)61-40-38-55(57-24-12-14-26-59(57)61)47-29-33-50(34-30-47)64-43-63(49-19-6-2-7-20-49)70-67(71-64)51-21-8-3-9-22-51/h1-43,63,66,69H,44H2,(H2,68,72)(H,70,71). The molecule has 2 unspecified atom stereocenters. The van der Waals surface area contributed by atoms with Crippen molar-refractivity contribution in [2.75, 3.05) is 0 Å². The van der Waals surface area contributed by atoms with Crippen molar-refractivity contribution in [3.8, 4) is 33.4 Å². The summed E-state index contributed by atoms with van der Waals surface area (Å²) in [6.45, 7) is 0.647. The van der Waals surface area contributed by atoms with Crippen LogP contribution >= 0.6 is 0 Å². The van der Waals surface area contributed by atoms with E-state index in [1.165, 1.54) is 60.3 Å². The van der Waals surface area contributed by atoms with Crippen LogP contribution in [0.15, 0.2) is 271 Å². The molecule has 0 aliphatic carbocycles. The summed E-state index contributed by atoms with van der Waals surface area (Å²) in [6, 6.07) is 90.3. The van der Waals surface area contributed by atoms with E-state index in [4.69, 9.17) is 15.7 Å². The van der Waals surface area contributed by atoms with E-state index in [-0.39, 0.29) is 12.2 Å². The zero-order valence-corrected chi connectivity index (χ0v) is 39.7. The molecule has 0 amide bonds. The molecule has 1 heterocycles. The second-order valence-electron chi connectivity index (χ2n) is 18.4. The maximum atomic E-state index is 6.78. The van der Waals surface area contributed by atoms with Crippen molar-refractivity contribution in [2.24, 2.45) is 15.7 Å². The van der Waals surface area contributed by atoms with Crippen molar-refractivity contribution in [3.63, 3.8) is 0 Å². The molecular formula is C67H51N5. The van der Waals surface area contributed by atoms with E-state index >= 15 is 0 Å². The van der Waals surface area contributed by atoms with E-state index in [2.05, 4.69) is 259 Å². The van der Waals surface area contributed by atoms with Crippen molar-refractivity contribution in [1.82, 2.24) is 10.6 Å². The first-order valence-corrected chi connectivity index (χ1v) is 24.6. The summed E-state index contributed by atoms with van der Waals surface area (Å²) in [5, 5.41) is 14.5. The highest BCUT2D eigenvalue weighted by atomic mass is 15.1. The van der Waals surface area contributed by atoms with Gasteiger partial charge in [0.1, 0.15) is 17.8 Å². The number of hydrogen-bond acceptors (Lipinski definition) is 4. The SMILES string of the molecule is NC(=NC(NCc1ccccc1)c1ccc(-c2ccc(-c3ccc(-c4ccc(C5=CC(c6ccccc6)NC(c6ccccc6)=N5)cc4)c4ccccc34)c3ccccc23)cc1)c1ccc2ccccc2c1. The molecule has 0 fully saturated rings. The van der Waals surface area contributed by atoms with Crippen LogP contribution in [0.3, 0.4) is 0 Å². The molecule has 0 saturated heterocycles. The summed E-state index contributed by atoms with van der Waals surface area (Å²) in [5.74, 6) is 1.36. The van der Waals surface area contributed by atoms with E-state index in [0.29, 0.717) is 12.4 Å². The lowest BCUT2D eigenvalue weighted by atomic mass is 9.88. The minimum atomic E-state index is -0.360. The van der Waals surface area contributed by atoms with Crippen LogP contribution < -0.4 is 16.4 Å². The quantitative estimate of drug-likeness (QED) is 0.0844. The summed E-state index contributed by atoms with van der Waals surface area (Å²) < 4.78 is 0. The molecule has 5 heteroatoms. The molecule has 72 heavy (non-hydrogen) atoms. The molecular weight excluding hydrogens is 875 g/mol. The van der Waals surface area contributed by atoms with Crippen LogP contribution in [0.5, 0.6) is 0 Å². The molecule has 11 aromatic carbocycles. The largest absolute Gasteiger partial charge is 0.383 e. The Morgan fingerprint density at radius 3 is 1.60 bits per heavy atom. The molecule has 1 aliphatic heterocycles. The number of fused-ring (bicyclic) bond motifs is 3. The van der Waals surface area contributed by atoms with E-state index in [1.54, 1.807) is 0 Å². The van der Waals surface area contributed by atoms with Crippen LogP contribution in [-0.4, -0.2) is 11.7 Å². The molecule has 0 saturated carbocycles. The van der Waals surface area contributed by atoms with Crippen LogP contribution in [-0.2, 0) is 6.54 Å². The Hall–Kier alpha value is -9.16. The lowest BCUT2D eigenvalue weighted by Gasteiger charge is -2.24. The van der Waals surface area contributed by atoms with Crippen molar-refractivity contribution >= 4 is 49.7 Å². The Morgan fingerprint density at radius 2 is 0.972 bits per heavy atom. The number of aliphatic imine (C=N–C) groups is 2. The van der Waals surface area contributed by atoms with Gasteiger partial charge in [0.05, 0.1) is 11.7 Å². The Balaban J connectivity index is 0.852. The molecule has 1 aliphatic rings. The third-order valence-corrected chi connectivity index (χ3v) is 13.9. The fourth-order valence-electron chi connectivity index (χ4n) is 10.1. The van der Waals surface area contributed by atoms with Gasteiger partial charge >= 0.3 is 0 Å². The number of hydrogen-bond donors (Lipinski definition) is 3. The van der Waals surface area contributed by atoms with E-state index < -0.39 is 0 Å². The average Bonchev–Trinajstić information content (AvgIpc) is 3.46. The lowest BCUT2D eigenvalue weighted by molar-refractivity contribution is 0.554. The first kappa shape index (κ1) is 44.1. The van der Waals surface area contributed by atoms with E-state index in [0.717, 1.165) is 50.3 Å². The van der Waals surface area contributed by atoms with Gasteiger partial charge in [-0.05, 0) is 100 Å². The van der Waals surface area contributed by atoms with Gasteiger partial charge in [0, 0.05) is 17.7 Å². The van der Waals surface area contributed by atoms with E-state index in [1.807, 2.05) is 12.1 Å². The molecule has 5 nitrogen and oxygen atoms in total. The van der Waals surface area contributed by atoms with Crippen LogP contribution in [0.25, 0.3) is 71.4 Å². The molecule has 0 aromatic heterocycles. The number of nitrogens with one attached hydrogen (secondary N) is 2. The van der Waals surface area contributed by atoms with Crippen molar-refractivity contribution in [2.45, 2.75) is 18.8 Å². The van der Waals surface area contributed by atoms with Crippen LogP contribution in [0.1, 0.15) is 45.6 Å². The number of nitrogens with zero attached hydrogens (tertiary/aromatic N) is 2. The number of benzene rings is 11. The van der Waals surface area contributed by atoms with Gasteiger partial charge in [-0.1, -0.05) is 249 Å². The van der Waals surface area contributed by atoms with Crippen molar-refractivity contribution < 1.29 is 0 Å². The van der Waals surface area contributed by atoms with Gasteiger partial charge in [0.25, 0.3) is 0 Å². The van der Waals surface area contributed by atoms with Crippen LogP contribution in [0, 0.1) is 0 Å². The number of nitrogens with two attached hydrogens (primary N) is 1. The van der Waals surface area contributed by atoms with Gasteiger partial charge in [-0.2, -0.15) is 0 Å². The highest BCUT2D eigenvalue weighted by Crippen LogP contribution is 2.41. The Kier molecular flexibility index (Phi) is 12.0. The molecule has 0 radical (unpaired) electrons. The minimum Gasteiger partial charge on any atom is -0.383 e. The monoisotopic (exact) mass is 925 g/mol. The summed E-state index contributed by atoms with van der Waals surface area (Å²) in [5.41, 5.74) is 21.2. The molecule has 344 valence electrons. The fraction of sp³-hybridized carbons (Fsp3) is 0.0448. The molecule has 0 bridgehead atoms. The van der Waals surface area contributed by atoms with Crippen molar-refractivity contribution in [1.29, 1.82) is 0 Å². The summed E-state index contributed by atoms with van der Waals surface area (Å²) >= 11 is 0. The second kappa shape index (κ2) is 19.7. The summed E-state index contributed by atoms with van der Waals surface area (Å²) in [6.07, 6.45) is 1.87. The van der Waals surface area contributed by atoms with E-state index in [9.17, 15) is 0 Å². The second-order valence-corrected chi connectivity index (χ2v) is 18.4. The molecule has 0 spiro atoms. The fourth-order valence-corrected chi connectivity index (χ4v) is 10.1. The van der Waals surface area contributed by atoms with Crippen molar-refractivity contribution in [3.05, 3.63) is 294 Å². The average molecular weight is 926 g/mol. The summed E-state index contributed by atoms with van der Waals surface area (Å²) in [4.78, 5) is 10.3. The van der Waals surface area contributed by atoms with Gasteiger partial charge in [0.2, 0.25) is 0 Å². The number of rotatable bonds is 12. The molecule has 12 rings (SSSR count). The molecule has 2 atom stereocenters. The molecule has 11 aromatic rings. The minimum absolute atomic E-state index is 0.00513. The lowest BCUT2D eigenvalue weighted by Crippen LogP contribution is -2.31. The van der Waals surface area contributed by atoms with Gasteiger partial charge < -0.3 is 11.1 Å². The first-order valence-electron chi connectivity index (χ1n) is 24.6. The Bertz CT molecular complexity index is 3820. The van der Waals surface area contributed by atoms with Gasteiger partial charge in [-0.25, -0.2) is 9.98 Å². The highest BCUT2D eigenvalue weighted by molar-refractivity contribution is 6.12. The van der Waals surface area contributed by atoms with Gasteiger partial charge in [-0.3, -0.25) is 5.32 Å². The number of amidine groups is 2. The van der Waals surface area contributed by atoms with Crippen LogP contribution in [0.2, 0.25) is 0 Å². The zero-order valence-electron chi connectivity index (χ0n) is 39.7. The topological polar surface area (TPSA) is 74.8 Å². The Morgan fingerprint density at radius 1 is 0.472 bits per heavy atom. The predicted octanol–water partition coefficient (Wildman–Crippen LogP) is 15.5. The Labute approximate surface area is 420 Å². The van der Waals surface area contributed by atoms with Gasteiger partial charge in [0.15, 0.2) is 0 Å². The maximum absolute atomic E-state index is 6.78. The highest BCUT2D eigenvalue weighted by Gasteiger charge is 2.21. The van der Waals surface area contributed by atoms with Gasteiger partial charge in [-0.15, -0.1) is 0 Å². The molecule has 4 N–H and O–H groups in total. The third kappa shape index (κ3) is 8.97. The third-order valence-electron chi connectivity index (χ3n) is 13.9. The van der Waals surface area contributed by atoms with Crippen LogP contribution in [0.4, 0.5) is 0 Å². The first-order chi connectivity index (χ1) is 35.6. The normalized spacial score (nSPS) is 14.2. The summed E-state index contributed by atoms with van der Waals surface area (Å²) in [7, 11) is 0. The predicted molar refractivity (Wildman–Crippen MR) is 302 cm³/mol. The maximum Gasteiger partial charge on any atom is 0.134 e. The smallest absolute Gasteiger partial charge is 0.134 e. The zero-order chi connectivity index (χ0) is 48.2.